The van der Waals surface area contributed by atoms with Crippen molar-refractivity contribution >= 4 is 46.0 Å². The Morgan fingerprint density at radius 3 is 2.33 bits per heavy atom. The molecule has 1 aliphatic rings. The van der Waals surface area contributed by atoms with Gasteiger partial charge in [-0.1, -0.05) is 41.7 Å². The maximum Gasteiger partial charge on any atom is 0.303 e. The number of carbonyl (C=O) groups is 3. The Kier molecular flexibility index (Phi) is 6.91. The summed E-state index contributed by atoms with van der Waals surface area (Å²) in [5.74, 6) is -1.80. The first kappa shape index (κ1) is 23.1. The highest BCUT2D eigenvalue weighted by molar-refractivity contribution is 7.99. The maximum atomic E-state index is 11.8. The van der Waals surface area contributed by atoms with E-state index in [0.29, 0.717) is 10.1 Å². The number of aromatic nitrogens is 4. The summed E-state index contributed by atoms with van der Waals surface area (Å²) in [6.45, 7) is 3.60. The fourth-order valence-corrected chi connectivity index (χ4v) is 5.20. The van der Waals surface area contributed by atoms with Crippen LogP contribution in [0.25, 0.3) is 15.5 Å². The molecule has 4 rings (SSSR count). The maximum absolute atomic E-state index is 11.8. The number of ether oxygens (including phenoxy) is 4. The van der Waals surface area contributed by atoms with Gasteiger partial charge >= 0.3 is 17.9 Å². The van der Waals surface area contributed by atoms with Crippen LogP contribution in [-0.4, -0.2) is 68.1 Å². The van der Waals surface area contributed by atoms with Crippen molar-refractivity contribution in [2.24, 2.45) is 0 Å². The fraction of sp³-hybridized carbons (Fsp3) is 0.400. The molecule has 0 unspecified atom stereocenters. The van der Waals surface area contributed by atoms with Gasteiger partial charge in [0, 0.05) is 26.3 Å². The van der Waals surface area contributed by atoms with Crippen molar-refractivity contribution in [2.75, 3.05) is 6.61 Å². The van der Waals surface area contributed by atoms with Crippen LogP contribution < -0.4 is 0 Å². The molecule has 0 amide bonds. The van der Waals surface area contributed by atoms with E-state index in [1.807, 2.05) is 30.3 Å². The molecule has 33 heavy (non-hydrogen) atoms. The van der Waals surface area contributed by atoms with E-state index in [9.17, 15) is 14.4 Å². The van der Waals surface area contributed by atoms with E-state index in [2.05, 4.69) is 15.3 Å². The van der Waals surface area contributed by atoms with Gasteiger partial charge in [-0.25, -0.2) is 0 Å². The van der Waals surface area contributed by atoms with Gasteiger partial charge < -0.3 is 18.9 Å². The second-order valence-electron chi connectivity index (χ2n) is 7.07. The monoisotopic (exact) mass is 492 g/mol. The summed E-state index contributed by atoms with van der Waals surface area (Å²) in [6, 6.07) is 9.64. The molecule has 13 heteroatoms. The first-order chi connectivity index (χ1) is 15.8. The molecular formula is C20H20N4O7S2. The summed E-state index contributed by atoms with van der Waals surface area (Å²) in [4.78, 5) is 35.6. The van der Waals surface area contributed by atoms with Gasteiger partial charge in [0.05, 0.1) is 6.61 Å². The van der Waals surface area contributed by atoms with Crippen molar-refractivity contribution < 1.29 is 33.3 Å². The van der Waals surface area contributed by atoms with Crippen molar-refractivity contribution in [3.8, 4) is 10.6 Å². The van der Waals surface area contributed by atoms with Crippen LogP contribution in [0.15, 0.2) is 35.5 Å². The third-order valence-corrected chi connectivity index (χ3v) is 6.56. The highest BCUT2D eigenvalue weighted by atomic mass is 32.2. The van der Waals surface area contributed by atoms with E-state index in [0.717, 1.165) is 22.3 Å². The lowest BCUT2D eigenvalue weighted by atomic mass is 10.1. The topological polar surface area (TPSA) is 131 Å². The number of benzene rings is 1. The number of rotatable bonds is 6. The van der Waals surface area contributed by atoms with Crippen molar-refractivity contribution in [1.29, 1.82) is 0 Å². The molecule has 3 aromatic rings. The molecule has 1 aliphatic heterocycles. The second-order valence-corrected chi connectivity index (χ2v) is 9.09. The van der Waals surface area contributed by atoms with Gasteiger partial charge in [0.25, 0.3) is 0 Å². The Hall–Kier alpha value is -3.03. The molecule has 4 atom stereocenters. The van der Waals surface area contributed by atoms with Gasteiger partial charge in [-0.15, -0.1) is 10.2 Å². The average molecular weight is 493 g/mol. The Labute approximate surface area is 196 Å². The fourth-order valence-electron chi connectivity index (χ4n) is 3.28. The molecule has 1 saturated heterocycles. The zero-order chi connectivity index (χ0) is 23.5. The van der Waals surface area contributed by atoms with Gasteiger partial charge in [-0.05, 0) is 11.8 Å². The van der Waals surface area contributed by atoms with Crippen molar-refractivity contribution in [3.63, 3.8) is 0 Å². The molecule has 2 aromatic heterocycles. The quantitative estimate of drug-likeness (QED) is 0.370. The first-order valence-electron chi connectivity index (χ1n) is 9.89. The summed E-state index contributed by atoms with van der Waals surface area (Å²) in [7, 11) is 0. The Morgan fingerprint density at radius 1 is 1.00 bits per heavy atom. The number of hydrogen-bond donors (Lipinski definition) is 0. The van der Waals surface area contributed by atoms with Gasteiger partial charge in [-0.3, -0.25) is 14.4 Å². The minimum Gasteiger partial charge on any atom is -0.456 e. The molecule has 0 saturated carbocycles. The third-order valence-electron chi connectivity index (χ3n) is 4.51. The summed E-state index contributed by atoms with van der Waals surface area (Å²) in [5.41, 5.74) is 0.120. The third kappa shape index (κ3) is 5.31. The summed E-state index contributed by atoms with van der Waals surface area (Å²) >= 11 is 2.49. The molecule has 0 aliphatic carbocycles. The van der Waals surface area contributed by atoms with E-state index in [-0.39, 0.29) is 6.61 Å². The molecule has 11 nitrogen and oxygen atoms in total. The highest BCUT2D eigenvalue weighted by Gasteiger charge is 2.47. The zero-order valence-electron chi connectivity index (χ0n) is 17.9. The number of carbonyl (C=O) groups excluding carboxylic acids is 3. The van der Waals surface area contributed by atoms with Gasteiger partial charge in [-0.2, -0.15) is 9.61 Å². The molecule has 1 aromatic carbocycles. The van der Waals surface area contributed by atoms with Crippen LogP contribution >= 0.6 is 23.1 Å². The lowest BCUT2D eigenvalue weighted by molar-refractivity contribution is -0.213. The van der Waals surface area contributed by atoms with E-state index >= 15 is 0 Å². The van der Waals surface area contributed by atoms with E-state index in [1.165, 1.54) is 32.1 Å². The standard InChI is InChI=1S/C20H20N4O7S2/c1-10(25)29-14-9-28-18(16(31-12(3)27)15(14)30-11(2)26)33-20-22-21-19-24(20)23-17(32-19)13-7-5-4-6-8-13/h4-8,14-16,18H,9H2,1-3H3/t14-,15-,16+,18-/m0/s1. The summed E-state index contributed by atoms with van der Waals surface area (Å²) in [6.07, 6.45) is -3.05. The number of thioether (sulfide) groups is 1. The van der Waals surface area contributed by atoms with E-state index in [1.54, 1.807) is 4.52 Å². The van der Waals surface area contributed by atoms with E-state index < -0.39 is 41.7 Å². The van der Waals surface area contributed by atoms with Crippen LogP contribution in [0.4, 0.5) is 0 Å². The van der Waals surface area contributed by atoms with Crippen LogP contribution in [0.3, 0.4) is 0 Å². The molecular weight excluding hydrogens is 472 g/mol. The van der Waals surface area contributed by atoms with Crippen molar-refractivity contribution in [3.05, 3.63) is 30.3 Å². The van der Waals surface area contributed by atoms with Crippen LogP contribution in [-0.2, 0) is 33.3 Å². The molecule has 0 bridgehead atoms. The molecule has 0 radical (unpaired) electrons. The SMILES string of the molecule is CC(=O)O[C@@H]1[C@@H](OC(C)=O)[C@H](Sc2nnc3sc(-c4ccccc4)nn23)OC[C@@H]1OC(C)=O. The summed E-state index contributed by atoms with van der Waals surface area (Å²) in [5, 5.41) is 14.1. The average Bonchev–Trinajstić information content (AvgIpc) is 3.33. The molecule has 174 valence electrons. The highest BCUT2D eigenvalue weighted by Crippen LogP contribution is 2.35. The molecule has 0 N–H and O–H groups in total. The molecule has 0 spiro atoms. The van der Waals surface area contributed by atoms with E-state index in [4.69, 9.17) is 18.9 Å². The van der Waals surface area contributed by atoms with Crippen LogP contribution in [0.5, 0.6) is 0 Å². The molecule has 3 heterocycles. The lowest BCUT2D eigenvalue weighted by Gasteiger charge is -2.39. The minimum absolute atomic E-state index is 0.0682. The number of fused-ring (bicyclic) bond motifs is 1. The number of esters is 3. The molecule has 1 fully saturated rings. The van der Waals surface area contributed by atoms with Gasteiger partial charge in [0.15, 0.2) is 23.7 Å². The summed E-state index contributed by atoms with van der Waals surface area (Å²) < 4.78 is 23.5. The predicted molar refractivity (Wildman–Crippen MR) is 116 cm³/mol. The van der Waals surface area contributed by atoms with Crippen molar-refractivity contribution in [1.82, 2.24) is 19.8 Å². The smallest absolute Gasteiger partial charge is 0.303 e. The zero-order valence-corrected chi connectivity index (χ0v) is 19.5. The largest absolute Gasteiger partial charge is 0.456 e. The van der Waals surface area contributed by atoms with Crippen LogP contribution in [0, 0.1) is 0 Å². The predicted octanol–water partition coefficient (Wildman–Crippen LogP) is 2.10. The van der Waals surface area contributed by atoms with Crippen LogP contribution in [0.2, 0.25) is 0 Å². The number of hydrogen-bond acceptors (Lipinski definition) is 12. The first-order valence-corrected chi connectivity index (χ1v) is 11.6. The Morgan fingerprint density at radius 2 is 1.67 bits per heavy atom. The van der Waals surface area contributed by atoms with Crippen molar-refractivity contribution in [2.45, 2.75) is 49.7 Å². The van der Waals surface area contributed by atoms with Gasteiger partial charge in [0.2, 0.25) is 10.1 Å². The van der Waals surface area contributed by atoms with Crippen LogP contribution in [0.1, 0.15) is 20.8 Å². The number of nitrogens with zero attached hydrogens (tertiary/aromatic N) is 4. The normalized spacial score (nSPS) is 22.6. The Bertz CT molecular complexity index is 1170. The lowest BCUT2D eigenvalue weighted by Crippen LogP contribution is -2.56. The Balaban J connectivity index is 1.62. The van der Waals surface area contributed by atoms with Gasteiger partial charge in [0.1, 0.15) is 5.01 Å². The minimum atomic E-state index is -1.06. The second kappa shape index (κ2) is 9.85.